The number of hydrogen-bond acceptors (Lipinski definition) is 5. The molecule has 0 aromatic heterocycles. The molecule has 7 heteroatoms. The van der Waals surface area contributed by atoms with E-state index in [1.807, 2.05) is 25.1 Å². The summed E-state index contributed by atoms with van der Waals surface area (Å²) >= 11 is 0. The molecule has 0 atom stereocenters. The SMILES string of the molecule is CCCS(=O)(=O)N1CCC(Nc2cc(OC)ccc2OC)CC1. The van der Waals surface area contributed by atoms with Crippen molar-refractivity contribution in [2.24, 2.45) is 0 Å². The topological polar surface area (TPSA) is 67.9 Å². The van der Waals surface area contributed by atoms with Crippen molar-refractivity contribution in [3.63, 3.8) is 0 Å². The second-order valence-electron chi connectivity index (χ2n) is 5.70. The predicted octanol–water partition coefficient (Wildman–Crippen LogP) is 2.32. The maximum atomic E-state index is 12.1. The average molecular weight is 342 g/mol. The summed E-state index contributed by atoms with van der Waals surface area (Å²) in [5, 5.41) is 3.45. The van der Waals surface area contributed by atoms with Crippen molar-refractivity contribution in [3.05, 3.63) is 18.2 Å². The lowest BCUT2D eigenvalue weighted by molar-refractivity contribution is 0.328. The van der Waals surface area contributed by atoms with Gasteiger partial charge in [-0.25, -0.2) is 12.7 Å². The monoisotopic (exact) mass is 342 g/mol. The van der Waals surface area contributed by atoms with Crippen molar-refractivity contribution in [3.8, 4) is 11.5 Å². The molecule has 0 spiro atoms. The van der Waals surface area contributed by atoms with E-state index in [1.165, 1.54) is 0 Å². The van der Waals surface area contributed by atoms with Gasteiger partial charge in [0.15, 0.2) is 0 Å². The van der Waals surface area contributed by atoms with E-state index in [9.17, 15) is 8.42 Å². The van der Waals surface area contributed by atoms with Gasteiger partial charge in [-0.3, -0.25) is 0 Å². The van der Waals surface area contributed by atoms with Gasteiger partial charge in [-0.1, -0.05) is 6.92 Å². The van der Waals surface area contributed by atoms with Crippen LogP contribution in [-0.2, 0) is 10.0 Å². The second kappa shape index (κ2) is 7.88. The van der Waals surface area contributed by atoms with Crippen LogP contribution in [0.5, 0.6) is 11.5 Å². The first-order valence-corrected chi connectivity index (χ1v) is 9.57. The Morgan fingerprint density at radius 2 is 1.91 bits per heavy atom. The van der Waals surface area contributed by atoms with Crippen molar-refractivity contribution >= 4 is 15.7 Å². The third-order valence-electron chi connectivity index (χ3n) is 4.08. The van der Waals surface area contributed by atoms with Gasteiger partial charge in [0.05, 0.1) is 25.7 Å². The summed E-state index contributed by atoms with van der Waals surface area (Å²) in [5.74, 6) is 1.75. The van der Waals surface area contributed by atoms with E-state index < -0.39 is 10.0 Å². The van der Waals surface area contributed by atoms with Crippen LogP contribution in [0.1, 0.15) is 26.2 Å². The predicted molar refractivity (Wildman–Crippen MR) is 91.8 cm³/mol. The van der Waals surface area contributed by atoms with Crippen LogP contribution in [0, 0.1) is 0 Å². The molecule has 0 bridgehead atoms. The Morgan fingerprint density at radius 1 is 1.22 bits per heavy atom. The van der Waals surface area contributed by atoms with Gasteiger partial charge in [-0.05, 0) is 31.4 Å². The van der Waals surface area contributed by atoms with E-state index >= 15 is 0 Å². The normalized spacial score (nSPS) is 17.0. The third-order valence-corrected chi connectivity index (χ3v) is 6.15. The summed E-state index contributed by atoms with van der Waals surface area (Å²) in [6.07, 6.45) is 2.22. The maximum absolute atomic E-state index is 12.1. The molecule has 1 aromatic carbocycles. The molecule has 0 unspecified atom stereocenters. The smallest absolute Gasteiger partial charge is 0.214 e. The van der Waals surface area contributed by atoms with Crippen LogP contribution in [0.25, 0.3) is 0 Å². The number of sulfonamides is 1. The number of benzene rings is 1. The summed E-state index contributed by atoms with van der Waals surface area (Å²) in [4.78, 5) is 0. The highest BCUT2D eigenvalue weighted by atomic mass is 32.2. The lowest BCUT2D eigenvalue weighted by atomic mass is 10.1. The molecule has 6 nitrogen and oxygen atoms in total. The van der Waals surface area contributed by atoms with E-state index in [-0.39, 0.29) is 11.8 Å². The first-order valence-electron chi connectivity index (χ1n) is 7.96. The molecule has 2 rings (SSSR count). The molecule has 1 fully saturated rings. The second-order valence-corrected chi connectivity index (χ2v) is 7.79. The first kappa shape index (κ1) is 17.9. The van der Waals surface area contributed by atoms with Crippen LogP contribution in [0.2, 0.25) is 0 Å². The van der Waals surface area contributed by atoms with Crippen molar-refractivity contribution in [2.75, 3.05) is 38.4 Å². The summed E-state index contributed by atoms with van der Waals surface area (Å²) in [6.45, 7) is 3.01. The number of methoxy groups -OCH3 is 2. The molecule has 130 valence electrons. The van der Waals surface area contributed by atoms with Gasteiger partial charge >= 0.3 is 0 Å². The molecule has 1 N–H and O–H groups in total. The number of ether oxygens (including phenoxy) is 2. The minimum absolute atomic E-state index is 0.226. The zero-order valence-electron chi connectivity index (χ0n) is 14.0. The minimum atomic E-state index is -3.09. The third kappa shape index (κ3) is 4.51. The van der Waals surface area contributed by atoms with Crippen LogP contribution in [-0.4, -0.2) is 51.8 Å². The fourth-order valence-electron chi connectivity index (χ4n) is 2.81. The standard InChI is InChI=1S/C16H26N2O4S/c1-4-11-23(19,20)18-9-7-13(8-10-18)17-15-12-14(21-2)5-6-16(15)22-3/h5-6,12-13,17H,4,7-11H2,1-3H3. The van der Waals surface area contributed by atoms with Crippen LogP contribution in [0.4, 0.5) is 5.69 Å². The van der Waals surface area contributed by atoms with E-state index in [1.54, 1.807) is 18.5 Å². The van der Waals surface area contributed by atoms with Gasteiger partial charge in [0.25, 0.3) is 0 Å². The summed E-state index contributed by atoms with van der Waals surface area (Å²) in [7, 11) is 0.167. The average Bonchev–Trinajstić information content (AvgIpc) is 2.55. The number of nitrogens with one attached hydrogen (secondary N) is 1. The lowest BCUT2D eigenvalue weighted by Crippen LogP contribution is -2.43. The van der Waals surface area contributed by atoms with Crippen molar-refractivity contribution < 1.29 is 17.9 Å². The quantitative estimate of drug-likeness (QED) is 0.824. The van der Waals surface area contributed by atoms with Gasteiger partial charge in [-0.2, -0.15) is 0 Å². The van der Waals surface area contributed by atoms with E-state index in [2.05, 4.69) is 5.32 Å². The zero-order valence-corrected chi connectivity index (χ0v) is 14.9. The Balaban J connectivity index is 1.99. The van der Waals surface area contributed by atoms with Crippen LogP contribution < -0.4 is 14.8 Å². The van der Waals surface area contributed by atoms with Crippen molar-refractivity contribution in [1.29, 1.82) is 0 Å². The largest absolute Gasteiger partial charge is 0.497 e. The van der Waals surface area contributed by atoms with Crippen molar-refractivity contribution in [1.82, 2.24) is 4.31 Å². The molecule has 0 amide bonds. The molecule has 0 saturated carbocycles. The number of piperidine rings is 1. The van der Waals surface area contributed by atoms with Crippen LogP contribution in [0.3, 0.4) is 0 Å². The Bertz CT molecular complexity index is 611. The molecule has 1 aliphatic rings. The molecule has 0 radical (unpaired) electrons. The Morgan fingerprint density at radius 3 is 2.48 bits per heavy atom. The summed E-state index contributed by atoms with van der Waals surface area (Å²) in [6, 6.07) is 5.84. The van der Waals surface area contributed by atoms with E-state index in [0.717, 1.165) is 30.0 Å². The molecule has 1 aromatic rings. The Hall–Kier alpha value is -1.47. The van der Waals surface area contributed by atoms with E-state index in [4.69, 9.17) is 9.47 Å². The first-order chi connectivity index (χ1) is 11.0. The highest BCUT2D eigenvalue weighted by Crippen LogP contribution is 2.31. The van der Waals surface area contributed by atoms with Crippen LogP contribution in [0.15, 0.2) is 18.2 Å². The molecule has 0 aliphatic carbocycles. The number of anilines is 1. The van der Waals surface area contributed by atoms with Gasteiger partial charge in [0.2, 0.25) is 10.0 Å². The minimum Gasteiger partial charge on any atom is -0.497 e. The number of rotatable bonds is 7. The van der Waals surface area contributed by atoms with E-state index in [0.29, 0.717) is 19.5 Å². The molecular weight excluding hydrogens is 316 g/mol. The fourth-order valence-corrected chi connectivity index (χ4v) is 4.35. The van der Waals surface area contributed by atoms with Gasteiger partial charge in [-0.15, -0.1) is 0 Å². The number of hydrogen-bond donors (Lipinski definition) is 1. The molecule has 1 saturated heterocycles. The zero-order chi connectivity index (χ0) is 16.9. The van der Waals surface area contributed by atoms with Gasteiger partial charge < -0.3 is 14.8 Å². The molecule has 1 aliphatic heterocycles. The number of nitrogens with zero attached hydrogens (tertiary/aromatic N) is 1. The van der Waals surface area contributed by atoms with Crippen LogP contribution >= 0.6 is 0 Å². The summed E-state index contributed by atoms with van der Waals surface area (Å²) in [5.41, 5.74) is 0.877. The van der Waals surface area contributed by atoms with Crippen molar-refractivity contribution in [2.45, 2.75) is 32.2 Å². The fraction of sp³-hybridized carbons (Fsp3) is 0.625. The Labute approximate surface area is 138 Å². The molecule has 23 heavy (non-hydrogen) atoms. The highest BCUT2D eigenvalue weighted by molar-refractivity contribution is 7.89. The Kier molecular flexibility index (Phi) is 6.12. The molecular formula is C16H26N2O4S. The highest BCUT2D eigenvalue weighted by Gasteiger charge is 2.27. The van der Waals surface area contributed by atoms with Gasteiger partial charge in [0, 0.05) is 25.2 Å². The maximum Gasteiger partial charge on any atom is 0.214 e. The summed E-state index contributed by atoms with van der Waals surface area (Å²) < 4.78 is 36.4. The van der Waals surface area contributed by atoms with Gasteiger partial charge in [0.1, 0.15) is 11.5 Å². The lowest BCUT2D eigenvalue weighted by Gasteiger charge is -2.32. The molecule has 1 heterocycles.